The molecule has 0 saturated heterocycles. The smallest absolute Gasteiger partial charge is 0.123 e. The SMILES string of the molecule is Fc1ccc(CCNC2CCCc3sccc32)cc1. The number of halogens is 1. The van der Waals surface area contributed by atoms with Gasteiger partial charge in [0.1, 0.15) is 5.82 Å². The topological polar surface area (TPSA) is 12.0 Å². The van der Waals surface area contributed by atoms with Crippen LogP contribution in [-0.2, 0) is 12.8 Å². The summed E-state index contributed by atoms with van der Waals surface area (Å²) in [4.78, 5) is 1.55. The third-order valence-corrected chi connectivity index (χ3v) is 4.77. The number of hydrogen-bond donors (Lipinski definition) is 1. The Morgan fingerprint density at radius 2 is 2.05 bits per heavy atom. The van der Waals surface area contributed by atoms with E-state index in [1.54, 1.807) is 4.88 Å². The predicted octanol–water partition coefficient (Wildman–Crippen LogP) is 4.10. The van der Waals surface area contributed by atoms with Crippen molar-refractivity contribution >= 4 is 11.3 Å². The summed E-state index contributed by atoms with van der Waals surface area (Å²) in [5.74, 6) is -0.160. The normalized spacial score (nSPS) is 18.3. The van der Waals surface area contributed by atoms with Crippen molar-refractivity contribution in [3.63, 3.8) is 0 Å². The molecule has 0 fully saturated rings. The van der Waals surface area contributed by atoms with Gasteiger partial charge in [-0.3, -0.25) is 0 Å². The van der Waals surface area contributed by atoms with Crippen molar-refractivity contribution in [3.05, 3.63) is 57.5 Å². The van der Waals surface area contributed by atoms with Crippen LogP contribution in [0.5, 0.6) is 0 Å². The molecule has 1 heterocycles. The molecule has 1 aliphatic carbocycles. The Kier molecular flexibility index (Phi) is 3.95. The van der Waals surface area contributed by atoms with Crippen LogP contribution < -0.4 is 5.32 Å². The Labute approximate surface area is 117 Å². The summed E-state index contributed by atoms with van der Waals surface area (Å²) in [6.07, 6.45) is 4.70. The monoisotopic (exact) mass is 275 g/mol. The maximum atomic E-state index is 12.8. The minimum absolute atomic E-state index is 0.160. The average Bonchev–Trinajstić information content (AvgIpc) is 2.90. The van der Waals surface area contributed by atoms with E-state index in [2.05, 4.69) is 16.8 Å². The first kappa shape index (κ1) is 12.8. The van der Waals surface area contributed by atoms with Crippen LogP contribution >= 0.6 is 11.3 Å². The van der Waals surface area contributed by atoms with Crippen LogP contribution in [0.3, 0.4) is 0 Å². The van der Waals surface area contributed by atoms with E-state index in [0.717, 1.165) is 13.0 Å². The molecule has 100 valence electrons. The van der Waals surface area contributed by atoms with Gasteiger partial charge in [-0.2, -0.15) is 0 Å². The summed E-state index contributed by atoms with van der Waals surface area (Å²) >= 11 is 1.88. The molecule has 0 saturated carbocycles. The number of aryl methyl sites for hydroxylation is 1. The van der Waals surface area contributed by atoms with Gasteiger partial charge in [-0.15, -0.1) is 11.3 Å². The van der Waals surface area contributed by atoms with Gasteiger partial charge in [0.15, 0.2) is 0 Å². The zero-order chi connectivity index (χ0) is 13.1. The molecule has 0 radical (unpaired) electrons. The van der Waals surface area contributed by atoms with Gasteiger partial charge in [0.05, 0.1) is 0 Å². The molecular formula is C16H18FNS. The van der Waals surface area contributed by atoms with Crippen molar-refractivity contribution in [2.45, 2.75) is 31.7 Å². The van der Waals surface area contributed by atoms with Gasteiger partial charge in [0.25, 0.3) is 0 Å². The lowest BCUT2D eigenvalue weighted by Gasteiger charge is -2.23. The second-order valence-corrected chi connectivity index (χ2v) is 6.08. The largest absolute Gasteiger partial charge is 0.310 e. The molecule has 3 rings (SSSR count). The molecule has 3 heteroatoms. The number of hydrogen-bond acceptors (Lipinski definition) is 2. The average molecular weight is 275 g/mol. The Morgan fingerprint density at radius 3 is 2.89 bits per heavy atom. The maximum absolute atomic E-state index is 12.8. The molecule has 1 aromatic heterocycles. The number of benzene rings is 1. The van der Waals surface area contributed by atoms with Gasteiger partial charge in [0, 0.05) is 10.9 Å². The van der Waals surface area contributed by atoms with E-state index in [9.17, 15) is 4.39 Å². The summed E-state index contributed by atoms with van der Waals surface area (Å²) in [6, 6.07) is 9.58. The van der Waals surface area contributed by atoms with Crippen LogP contribution in [0.15, 0.2) is 35.7 Å². The van der Waals surface area contributed by atoms with E-state index in [1.165, 1.54) is 42.5 Å². The fourth-order valence-electron chi connectivity index (χ4n) is 2.74. The highest BCUT2D eigenvalue weighted by atomic mass is 32.1. The van der Waals surface area contributed by atoms with E-state index in [4.69, 9.17) is 0 Å². The molecule has 1 aliphatic rings. The Hall–Kier alpha value is -1.19. The molecule has 1 aromatic carbocycles. The first-order valence-electron chi connectivity index (χ1n) is 6.87. The van der Waals surface area contributed by atoms with Crippen LogP contribution in [-0.4, -0.2) is 6.54 Å². The van der Waals surface area contributed by atoms with Crippen molar-refractivity contribution in [3.8, 4) is 0 Å². The minimum Gasteiger partial charge on any atom is -0.310 e. The summed E-state index contributed by atoms with van der Waals surface area (Å²) in [5, 5.41) is 5.84. The highest BCUT2D eigenvalue weighted by Crippen LogP contribution is 2.33. The number of rotatable bonds is 4. The minimum atomic E-state index is -0.160. The third-order valence-electron chi connectivity index (χ3n) is 3.77. The molecule has 0 spiro atoms. The standard InChI is InChI=1S/C16H18FNS/c17-13-6-4-12(5-7-13)8-10-18-15-2-1-3-16-14(15)9-11-19-16/h4-7,9,11,15,18H,1-3,8,10H2. The molecular weight excluding hydrogens is 257 g/mol. The molecule has 1 atom stereocenters. The lowest BCUT2D eigenvalue weighted by Crippen LogP contribution is -2.26. The van der Waals surface area contributed by atoms with Crippen LogP contribution in [0.25, 0.3) is 0 Å². The molecule has 1 unspecified atom stereocenters. The highest BCUT2D eigenvalue weighted by molar-refractivity contribution is 7.10. The van der Waals surface area contributed by atoms with Gasteiger partial charge in [-0.25, -0.2) is 4.39 Å². The molecule has 0 amide bonds. The second kappa shape index (κ2) is 5.85. The number of nitrogens with one attached hydrogen (secondary N) is 1. The Bertz CT molecular complexity index is 532. The molecule has 1 N–H and O–H groups in total. The van der Waals surface area contributed by atoms with Crippen molar-refractivity contribution in [1.82, 2.24) is 5.32 Å². The summed E-state index contributed by atoms with van der Waals surface area (Å²) in [6.45, 7) is 0.950. The van der Waals surface area contributed by atoms with Crippen molar-refractivity contribution in [2.24, 2.45) is 0 Å². The van der Waals surface area contributed by atoms with Crippen LogP contribution in [0.1, 0.15) is 34.9 Å². The van der Waals surface area contributed by atoms with Gasteiger partial charge in [-0.1, -0.05) is 12.1 Å². The van der Waals surface area contributed by atoms with E-state index < -0.39 is 0 Å². The molecule has 2 aromatic rings. The van der Waals surface area contributed by atoms with Crippen LogP contribution in [0.4, 0.5) is 4.39 Å². The van der Waals surface area contributed by atoms with Crippen molar-refractivity contribution in [2.75, 3.05) is 6.54 Å². The maximum Gasteiger partial charge on any atom is 0.123 e. The van der Waals surface area contributed by atoms with E-state index >= 15 is 0 Å². The summed E-state index contributed by atoms with van der Waals surface area (Å²) in [7, 11) is 0. The van der Waals surface area contributed by atoms with E-state index in [1.807, 2.05) is 23.5 Å². The molecule has 0 bridgehead atoms. The van der Waals surface area contributed by atoms with Gasteiger partial charge < -0.3 is 5.32 Å². The summed E-state index contributed by atoms with van der Waals surface area (Å²) in [5.41, 5.74) is 2.69. The first-order chi connectivity index (χ1) is 9.33. The third kappa shape index (κ3) is 3.04. The fraction of sp³-hybridized carbons (Fsp3) is 0.375. The first-order valence-corrected chi connectivity index (χ1v) is 7.75. The number of thiophene rings is 1. The number of fused-ring (bicyclic) bond motifs is 1. The zero-order valence-electron chi connectivity index (χ0n) is 10.9. The van der Waals surface area contributed by atoms with Crippen molar-refractivity contribution < 1.29 is 4.39 Å². The Morgan fingerprint density at radius 1 is 1.21 bits per heavy atom. The second-order valence-electron chi connectivity index (χ2n) is 5.07. The van der Waals surface area contributed by atoms with Crippen LogP contribution in [0.2, 0.25) is 0 Å². The summed E-state index contributed by atoms with van der Waals surface area (Å²) < 4.78 is 12.8. The quantitative estimate of drug-likeness (QED) is 0.886. The molecule has 19 heavy (non-hydrogen) atoms. The van der Waals surface area contributed by atoms with E-state index in [0.29, 0.717) is 6.04 Å². The van der Waals surface area contributed by atoms with E-state index in [-0.39, 0.29) is 5.82 Å². The van der Waals surface area contributed by atoms with Gasteiger partial charge in [-0.05, 0) is 66.9 Å². The van der Waals surface area contributed by atoms with Gasteiger partial charge >= 0.3 is 0 Å². The van der Waals surface area contributed by atoms with Crippen molar-refractivity contribution in [1.29, 1.82) is 0 Å². The Balaban J connectivity index is 1.55. The zero-order valence-corrected chi connectivity index (χ0v) is 11.7. The van der Waals surface area contributed by atoms with Crippen LogP contribution in [0, 0.1) is 5.82 Å². The highest BCUT2D eigenvalue weighted by Gasteiger charge is 2.20. The van der Waals surface area contributed by atoms with Gasteiger partial charge in [0.2, 0.25) is 0 Å². The molecule has 0 aliphatic heterocycles. The fourth-order valence-corrected chi connectivity index (χ4v) is 3.73. The molecule has 1 nitrogen and oxygen atoms in total. The lowest BCUT2D eigenvalue weighted by atomic mass is 9.94. The lowest BCUT2D eigenvalue weighted by molar-refractivity contribution is 0.467. The predicted molar refractivity (Wildman–Crippen MR) is 78.1 cm³/mol.